The Morgan fingerprint density at radius 3 is 1.04 bits per heavy atom. The number of hydrogen-bond donors (Lipinski definition) is 0. The predicted octanol–water partition coefficient (Wildman–Crippen LogP) is 15.4. The molecule has 0 aromatic carbocycles. The van der Waals surface area contributed by atoms with E-state index in [0.29, 0.717) is 19.3 Å². The van der Waals surface area contributed by atoms with E-state index < -0.39 is 6.10 Å². The van der Waals surface area contributed by atoms with E-state index in [4.69, 9.17) is 14.2 Å². The molecule has 0 N–H and O–H groups in total. The van der Waals surface area contributed by atoms with E-state index in [1.54, 1.807) is 0 Å². The maximum atomic E-state index is 12.7. The second kappa shape index (κ2) is 42.0. The standard InChI is InChI=1S/C49H94O6/c1-6-8-9-10-11-12-13-14-15-16-17-20-23-29-34-39-47(50)53-42-46(55-49(52)41-36-31-26-25-28-33-38-45(5)7-2)43-54-48(51)40-35-30-24-21-18-19-22-27-32-37-44(3)4/h44-46H,6-43H2,1-5H3/t45?,46-/m0/s1. The van der Waals surface area contributed by atoms with E-state index in [0.717, 1.165) is 69.6 Å². The molecule has 55 heavy (non-hydrogen) atoms. The second-order valence-corrected chi connectivity index (χ2v) is 17.5. The van der Waals surface area contributed by atoms with Crippen LogP contribution in [0.3, 0.4) is 0 Å². The molecule has 0 spiro atoms. The first-order valence-corrected chi connectivity index (χ1v) is 24.3. The SMILES string of the molecule is CCCCCCCCCCCCCCCCCC(=O)OC[C@@H](COC(=O)CCCCCCCCCCCC(C)C)OC(=O)CCCCCCCCC(C)CC. The molecule has 0 aliphatic carbocycles. The lowest BCUT2D eigenvalue weighted by molar-refractivity contribution is -0.167. The number of esters is 3. The smallest absolute Gasteiger partial charge is 0.306 e. The summed E-state index contributed by atoms with van der Waals surface area (Å²) in [4.78, 5) is 37.8. The Hall–Kier alpha value is -1.59. The Balaban J connectivity index is 4.30. The average Bonchev–Trinajstić information content (AvgIpc) is 3.17. The molecule has 0 fully saturated rings. The molecule has 0 saturated carbocycles. The van der Waals surface area contributed by atoms with Crippen LogP contribution in [0.2, 0.25) is 0 Å². The quantitative estimate of drug-likeness (QED) is 0.0348. The van der Waals surface area contributed by atoms with Gasteiger partial charge in [-0.3, -0.25) is 14.4 Å². The van der Waals surface area contributed by atoms with Crippen LogP contribution in [0.15, 0.2) is 0 Å². The Labute approximate surface area is 342 Å². The Kier molecular flexibility index (Phi) is 40.8. The van der Waals surface area contributed by atoms with Gasteiger partial charge in [-0.15, -0.1) is 0 Å². The normalized spacial score (nSPS) is 12.5. The van der Waals surface area contributed by atoms with Gasteiger partial charge >= 0.3 is 17.9 Å². The van der Waals surface area contributed by atoms with Crippen molar-refractivity contribution >= 4 is 17.9 Å². The minimum absolute atomic E-state index is 0.0652. The van der Waals surface area contributed by atoms with E-state index in [1.807, 2.05) is 0 Å². The van der Waals surface area contributed by atoms with Crippen LogP contribution in [0.25, 0.3) is 0 Å². The van der Waals surface area contributed by atoms with Gasteiger partial charge < -0.3 is 14.2 Å². The lowest BCUT2D eigenvalue weighted by Gasteiger charge is -2.18. The number of ether oxygens (including phenoxy) is 3. The maximum absolute atomic E-state index is 12.7. The number of unbranched alkanes of at least 4 members (excludes halogenated alkanes) is 27. The van der Waals surface area contributed by atoms with Crippen LogP contribution < -0.4 is 0 Å². The lowest BCUT2D eigenvalue weighted by atomic mass is 10.00. The van der Waals surface area contributed by atoms with Gasteiger partial charge in [0.25, 0.3) is 0 Å². The van der Waals surface area contributed by atoms with Gasteiger partial charge in [0.2, 0.25) is 0 Å². The Bertz CT molecular complexity index is 841. The van der Waals surface area contributed by atoms with Crippen molar-refractivity contribution in [3.05, 3.63) is 0 Å². The molecule has 0 amide bonds. The van der Waals surface area contributed by atoms with Crippen LogP contribution in [-0.2, 0) is 28.6 Å². The van der Waals surface area contributed by atoms with E-state index in [2.05, 4.69) is 34.6 Å². The fourth-order valence-electron chi connectivity index (χ4n) is 7.25. The number of rotatable bonds is 43. The molecule has 0 aliphatic heterocycles. The molecular formula is C49H94O6. The third-order valence-electron chi connectivity index (χ3n) is 11.3. The van der Waals surface area contributed by atoms with Gasteiger partial charge in [-0.1, -0.05) is 227 Å². The van der Waals surface area contributed by atoms with Crippen LogP contribution in [0, 0.1) is 11.8 Å². The van der Waals surface area contributed by atoms with Crippen molar-refractivity contribution in [1.82, 2.24) is 0 Å². The fraction of sp³-hybridized carbons (Fsp3) is 0.939. The molecule has 0 heterocycles. The molecule has 0 aromatic rings. The highest BCUT2D eigenvalue weighted by atomic mass is 16.6. The second-order valence-electron chi connectivity index (χ2n) is 17.5. The minimum atomic E-state index is -0.762. The highest BCUT2D eigenvalue weighted by molar-refractivity contribution is 5.71. The molecule has 0 bridgehead atoms. The van der Waals surface area contributed by atoms with Crippen LogP contribution in [0.1, 0.15) is 266 Å². The summed E-state index contributed by atoms with van der Waals surface area (Å²) < 4.78 is 16.7. The first-order valence-electron chi connectivity index (χ1n) is 24.3. The Morgan fingerprint density at radius 1 is 0.382 bits per heavy atom. The van der Waals surface area contributed by atoms with Crippen LogP contribution >= 0.6 is 0 Å². The molecule has 0 aromatic heterocycles. The Morgan fingerprint density at radius 2 is 0.691 bits per heavy atom. The summed E-state index contributed by atoms with van der Waals surface area (Å²) in [5, 5.41) is 0. The summed E-state index contributed by atoms with van der Waals surface area (Å²) in [5.74, 6) is 0.761. The van der Waals surface area contributed by atoms with Crippen molar-refractivity contribution in [1.29, 1.82) is 0 Å². The predicted molar refractivity (Wildman–Crippen MR) is 233 cm³/mol. The zero-order chi connectivity index (χ0) is 40.5. The van der Waals surface area contributed by atoms with Gasteiger partial charge in [0.15, 0.2) is 6.10 Å². The monoisotopic (exact) mass is 779 g/mol. The largest absolute Gasteiger partial charge is 0.462 e. The highest BCUT2D eigenvalue weighted by Crippen LogP contribution is 2.17. The molecule has 326 valence electrons. The summed E-state index contributed by atoms with van der Waals surface area (Å²) >= 11 is 0. The number of carbonyl (C=O) groups excluding carboxylic acids is 3. The van der Waals surface area contributed by atoms with Gasteiger partial charge in [0, 0.05) is 19.3 Å². The van der Waals surface area contributed by atoms with E-state index in [-0.39, 0.29) is 31.1 Å². The first-order chi connectivity index (χ1) is 26.8. The van der Waals surface area contributed by atoms with Crippen molar-refractivity contribution < 1.29 is 28.6 Å². The van der Waals surface area contributed by atoms with Gasteiger partial charge in [-0.05, 0) is 31.1 Å². The molecule has 6 heteroatoms. The molecule has 2 atom stereocenters. The molecule has 1 unspecified atom stereocenters. The average molecular weight is 779 g/mol. The summed E-state index contributed by atoms with van der Waals surface area (Å²) in [6.45, 7) is 11.3. The van der Waals surface area contributed by atoms with Crippen molar-refractivity contribution in [2.75, 3.05) is 13.2 Å². The summed E-state index contributed by atoms with van der Waals surface area (Å²) in [7, 11) is 0. The van der Waals surface area contributed by atoms with Crippen molar-refractivity contribution in [2.24, 2.45) is 11.8 Å². The van der Waals surface area contributed by atoms with Gasteiger partial charge in [0.1, 0.15) is 13.2 Å². The lowest BCUT2D eigenvalue weighted by Crippen LogP contribution is -2.30. The van der Waals surface area contributed by atoms with Crippen molar-refractivity contribution in [2.45, 2.75) is 272 Å². The zero-order valence-corrected chi connectivity index (χ0v) is 37.6. The number of hydrogen-bond acceptors (Lipinski definition) is 6. The molecule has 0 radical (unpaired) electrons. The molecule has 0 rings (SSSR count). The van der Waals surface area contributed by atoms with E-state index in [9.17, 15) is 14.4 Å². The van der Waals surface area contributed by atoms with Gasteiger partial charge in [-0.2, -0.15) is 0 Å². The topological polar surface area (TPSA) is 78.9 Å². The van der Waals surface area contributed by atoms with Crippen LogP contribution in [0.5, 0.6) is 0 Å². The van der Waals surface area contributed by atoms with Crippen LogP contribution in [-0.4, -0.2) is 37.2 Å². The summed E-state index contributed by atoms with van der Waals surface area (Å²) in [6.07, 6.45) is 40.9. The third-order valence-corrected chi connectivity index (χ3v) is 11.3. The van der Waals surface area contributed by atoms with E-state index in [1.165, 1.54) is 154 Å². The number of carbonyl (C=O) groups is 3. The fourth-order valence-corrected chi connectivity index (χ4v) is 7.25. The van der Waals surface area contributed by atoms with Crippen LogP contribution in [0.4, 0.5) is 0 Å². The highest BCUT2D eigenvalue weighted by Gasteiger charge is 2.19. The van der Waals surface area contributed by atoms with Gasteiger partial charge in [-0.25, -0.2) is 0 Å². The third kappa shape index (κ3) is 41.9. The first kappa shape index (κ1) is 53.4. The minimum Gasteiger partial charge on any atom is -0.462 e. The summed E-state index contributed by atoms with van der Waals surface area (Å²) in [5.41, 5.74) is 0. The molecule has 6 nitrogen and oxygen atoms in total. The van der Waals surface area contributed by atoms with Crippen molar-refractivity contribution in [3.63, 3.8) is 0 Å². The zero-order valence-electron chi connectivity index (χ0n) is 37.6. The van der Waals surface area contributed by atoms with Crippen molar-refractivity contribution in [3.8, 4) is 0 Å². The maximum Gasteiger partial charge on any atom is 0.306 e. The van der Waals surface area contributed by atoms with E-state index >= 15 is 0 Å². The molecule has 0 aliphatic rings. The van der Waals surface area contributed by atoms with Gasteiger partial charge in [0.05, 0.1) is 0 Å². The molecule has 0 saturated heterocycles. The summed E-state index contributed by atoms with van der Waals surface area (Å²) in [6, 6.07) is 0. The molecular weight excluding hydrogens is 685 g/mol.